The first-order valence-electron chi connectivity index (χ1n) is 15.0. The molecule has 0 radical (unpaired) electrons. The van der Waals surface area contributed by atoms with Crippen molar-refractivity contribution in [2.45, 2.75) is 76.7 Å². The maximum atomic E-state index is 7.13. The van der Waals surface area contributed by atoms with Gasteiger partial charge in [-0.2, -0.15) is 0 Å². The van der Waals surface area contributed by atoms with Crippen LogP contribution in [0.15, 0.2) is 0 Å². The molecule has 9 atom stereocenters. The summed E-state index contributed by atoms with van der Waals surface area (Å²) >= 11 is 0. The lowest BCUT2D eigenvalue weighted by Crippen LogP contribution is -2.84. The average molecular weight is 802 g/mol. The van der Waals surface area contributed by atoms with E-state index in [1.165, 1.54) is 21.3 Å². The summed E-state index contributed by atoms with van der Waals surface area (Å²) < 4.78 is 99.8. The lowest BCUT2D eigenvalue weighted by atomic mass is 10.5. The molecule has 4 rings (SSSR count). The van der Waals surface area contributed by atoms with Gasteiger partial charge in [0, 0.05) is 53.6 Å². The minimum absolute atomic E-state index is 0.300. The van der Waals surface area contributed by atoms with Gasteiger partial charge in [0.05, 0.1) is 0 Å². The van der Waals surface area contributed by atoms with E-state index < -0.39 is 79.2 Å². The maximum absolute atomic E-state index is 7.13. The Kier molecular flexibility index (Phi) is 12.2. The molecule has 18 nitrogen and oxygen atoms in total. The Bertz CT molecular complexity index is 995. The van der Waals surface area contributed by atoms with Gasteiger partial charge in [-0.1, -0.05) is 0 Å². The van der Waals surface area contributed by atoms with E-state index in [1.54, 1.807) is 26.2 Å². The normalized spacial score (nSPS) is 48.8. The molecule has 264 valence electrons. The summed E-state index contributed by atoms with van der Waals surface area (Å²) in [4.78, 5) is 0. The van der Waals surface area contributed by atoms with Gasteiger partial charge in [-0.05, 0) is 64.1 Å². The van der Waals surface area contributed by atoms with Crippen LogP contribution in [-0.2, 0) is 62.7 Å². The molecule has 0 aromatic heterocycles. The molecule has 0 aromatic carbocycles. The van der Waals surface area contributed by atoms with Crippen LogP contribution in [0.3, 0.4) is 0 Å². The van der Waals surface area contributed by atoms with Crippen molar-refractivity contribution < 1.29 is 62.7 Å². The molecule has 27 heteroatoms. The molecule has 4 saturated heterocycles. The second-order valence-corrected chi connectivity index (χ2v) is 39.2. The Morgan fingerprint density at radius 1 is 0.444 bits per heavy atom. The van der Waals surface area contributed by atoms with Crippen LogP contribution in [0, 0.1) is 0 Å². The second-order valence-electron chi connectivity index (χ2n) is 11.9. The number of rotatable bonds is 12. The zero-order valence-corrected chi connectivity index (χ0v) is 36.7. The van der Waals surface area contributed by atoms with Gasteiger partial charge in [-0.3, -0.25) is 0 Å². The summed E-state index contributed by atoms with van der Waals surface area (Å²) in [6, 6.07) is 1.30. The minimum Gasteiger partial charge on any atom is -0.394 e. The maximum Gasteiger partial charge on any atom is 0.658 e. The zero-order valence-electron chi connectivity index (χ0n) is 27.7. The van der Waals surface area contributed by atoms with Crippen LogP contribution < -0.4 is 17.2 Å². The van der Waals surface area contributed by atoms with E-state index in [-0.39, 0.29) is 0 Å². The molecular weight excluding hydrogens is 751 g/mol. The molecule has 0 aliphatic carbocycles. The van der Waals surface area contributed by atoms with Crippen LogP contribution in [0.1, 0.15) is 19.3 Å². The Balaban J connectivity index is 2.01. The molecule has 0 aromatic rings. The average Bonchev–Trinajstić information content (AvgIpc) is 2.90. The van der Waals surface area contributed by atoms with Crippen molar-refractivity contribution in [1.29, 1.82) is 0 Å². The van der Waals surface area contributed by atoms with E-state index in [1.807, 2.05) is 13.1 Å². The SMILES string of the molecule is CO[Si]12O[Si]34O[Si](CCCN)(O[Si@](C)(CCCN)O[Si@@](C)(O3)O[Si@](C)(OC)O1)O[Si@@](C)(CCCN)O[Si@](C)(O4)O[Si@@](C)(OC)O2. The molecule has 1 spiro atoms. The van der Waals surface area contributed by atoms with Crippen LogP contribution in [0.2, 0.25) is 57.4 Å². The third-order valence-electron chi connectivity index (χ3n) is 7.41. The first kappa shape index (κ1) is 39.0. The van der Waals surface area contributed by atoms with Crippen LogP contribution in [0.5, 0.6) is 0 Å². The molecule has 0 saturated carbocycles. The first-order chi connectivity index (χ1) is 20.8. The van der Waals surface area contributed by atoms with Crippen molar-refractivity contribution in [3.05, 3.63) is 0 Å². The Morgan fingerprint density at radius 3 is 1.24 bits per heavy atom. The fourth-order valence-corrected chi connectivity index (χ4v) is 52.0. The highest BCUT2D eigenvalue weighted by Crippen LogP contribution is 2.47. The molecule has 4 aliphatic rings. The number of nitrogens with two attached hydrogens (primary N) is 3. The van der Waals surface area contributed by atoms with Crippen LogP contribution in [0.4, 0.5) is 0 Å². The van der Waals surface area contributed by atoms with Crippen LogP contribution in [-0.4, -0.2) is 120 Å². The fourth-order valence-electron chi connectivity index (χ4n) is 5.64. The third kappa shape index (κ3) is 8.94. The van der Waals surface area contributed by atoms with E-state index >= 15 is 0 Å². The van der Waals surface area contributed by atoms with Crippen molar-refractivity contribution in [1.82, 2.24) is 0 Å². The molecule has 0 amide bonds. The molecule has 6 N–H and O–H groups in total. The largest absolute Gasteiger partial charge is 0.658 e. The molecule has 3 unspecified atom stereocenters. The molecule has 45 heavy (non-hydrogen) atoms. The second kappa shape index (κ2) is 14.1. The lowest BCUT2D eigenvalue weighted by molar-refractivity contribution is -0.0501. The van der Waals surface area contributed by atoms with Crippen LogP contribution >= 0.6 is 0 Å². The predicted molar refractivity (Wildman–Crippen MR) is 176 cm³/mol. The highest BCUT2D eigenvalue weighted by molar-refractivity contribution is 6.99. The Hall–Kier alpha value is 1.23. The Morgan fingerprint density at radius 2 is 0.867 bits per heavy atom. The first-order valence-corrected chi connectivity index (χ1v) is 34.2. The van der Waals surface area contributed by atoms with Crippen molar-refractivity contribution in [3.63, 3.8) is 0 Å². The zero-order chi connectivity index (χ0) is 33.5. The molecule has 4 aliphatic heterocycles. The van der Waals surface area contributed by atoms with Crippen LogP contribution in [0.25, 0.3) is 0 Å². The standard InChI is InChI=1S/C18H51N3O15Si9/c1-22-39(6)29-41(8)25-37(4,16-10-13-19)27-43(18-12-15-21)28-38(5,17-11-14-20)26-42(9)30-40(7,23-2)32-44(24-3,31-39)36-45(33-41,34-42)35-43/h10-21H2,1-9H3/t37-,38+,39+,40-,41-,42+,43?,44?,45?. The fraction of sp³-hybridized carbons (Fsp3) is 1.00. The van der Waals surface area contributed by atoms with Gasteiger partial charge in [-0.25, -0.2) is 0 Å². The smallest absolute Gasteiger partial charge is 0.394 e. The topological polar surface area (TPSA) is 217 Å². The highest BCUT2D eigenvalue weighted by atomic mass is 28.6. The molecular formula is C18H51N3O15Si9. The van der Waals surface area contributed by atoms with Gasteiger partial charge >= 0.3 is 79.2 Å². The molecule has 4 heterocycles. The monoisotopic (exact) mass is 801 g/mol. The summed E-state index contributed by atoms with van der Waals surface area (Å²) in [5, 5.41) is 0. The highest BCUT2D eigenvalue weighted by Gasteiger charge is 2.80. The van der Waals surface area contributed by atoms with E-state index in [4.69, 9.17) is 79.9 Å². The third-order valence-corrected chi connectivity index (χ3v) is 45.4. The van der Waals surface area contributed by atoms with Gasteiger partial charge in [0.15, 0.2) is 0 Å². The summed E-state index contributed by atoms with van der Waals surface area (Å²) in [6.45, 7) is 11.8. The van der Waals surface area contributed by atoms with Crippen molar-refractivity contribution in [3.8, 4) is 0 Å². The van der Waals surface area contributed by atoms with Gasteiger partial charge in [0.2, 0.25) is 0 Å². The summed E-state index contributed by atoms with van der Waals surface area (Å²) in [5.41, 5.74) is 18.0. The lowest BCUT2D eigenvalue weighted by Gasteiger charge is -2.57. The van der Waals surface area contributed by atoms with Crippen molar-refractivity contribution in [2.24, 2.45) is 17.2 Å². The van der Waals surface area contributed by atoms with Crippen molar-refractivity contribution >= 4 is 79.2 Å². The summed E-state index contributed by atoms with van der Waals surface area (Å²) in [7, 11) is -30.3. The number of hydrogen-bond acceptors (Lipinski definition) is 18. The van der Waals surface area contributed by atoms with Gasteiger partial charge in [-0.15, -0.1) is 0 Å². The van der Waals surface area contributed by atoms with Gasteiger partial charge in [0.25, 0.3) is 0 Å². The predicted octanol–water partition coefficient (Wildman–Crippen LogP) is 0.455. The molecule has 4 fully saturated rings. The van der Waals surface area contributed by atoms with Crippen molar-refractivity contribution in [2.75, 3.05) is 41.0 Å². The number of hydrogen-bond donors (Lipinski definition) is 3. The summed E-state index contributed by atoms with van der Waals surface area (Å²) in [5.74, 6) is 0. The van der Waals surface area contributed by atoms with E-state index in [0.717, 1.165) is 0 Å². The molecule has 5 bridgehead atoms. The summed E-state index contributed by atoms with van der Waals surface area (Å²) in [6.07, 6.45) is 1.73. The van der Waals surface area contributed by atoms with E-state index in [9.17, 15) is 0 Å². The van der Waals surface area contributed by atoms with Gasteiger partial charge < -0.3 is 79.9 Å². The van der Waals surface area contributed by atoms with E-state index in [0.29, 0.717) is 57.0 Å². The quantitative estimate of drug-likeness (QED) is 0.228. The minimum atomic E-state index is -4.62. The number of fused-ring (bicyclic) bond motifs is 4. The Labute approximate surface area is 275 Å². The van der Waals surface area contributed by atoms with Gasteiger partial charge in [0.1, 0.15) is 0 Å². The van der Waals surface area contributed by atoms with E-state index in [2.05, 4.69) is 0 Å².